The van der Waals surface area contributed by atoms with E-state index >= 15 is 0 Å². The fourth-order valence-corrected chi connectivity index (χ4v) is 3.06. The first kappa shape index (κ1) is 13.7. The zero-order valence-corrected chi connectivity index (χ0v) is 12.8. The molecule has 1 aliphatic carbocycles. The van der Waals surface area contributed by atoms with Gasteiger partial charge < -0.3 is 0 Å². The summed E-state index contributed by atoms with van der Waals surface area (Å²) in [6.45, 7) is 0. The Morgan fingerprint density at radius 1 is 0.739 bits per heavy atom. The molecule has 1 nitrogen and oxygen atoms in total. The Kier molecular flexibility index (Phi) is 3.61. The van der Waals surface area contributed by atoms with Gasteiger partial charge in [0.05, 0.1) is 5.69 Å². The van der Waals surface area contributed by atoms with Gasteiger partial charge in [0.2, 0.25) is 0 Å². The van der Waals surface area contributed by atoms with E-state index in [2.05, 4.69) is 65.7 Å². The largest absolute Gasteiger partial charge is 0.257 e. The molecule has 0 saturated heterocycles. The molecule has 4 rings (SSSR count). The molecule has 3 aromatic rings. The van der Waals surface area contributed by atoms with Gasteiger partial charge in [-0.1, -0.05) is 66.7 Å². The zero-order valence-electron chi connectivity index (χ0n) is 12.8. The second-order valence-electron chi connectivity index (χ2n) is 5.72. The molecule has 0 amide bonds. The Labute approximate surface area is 136 Å². The summed E-state index contributed by atoms with van der Waals surface area (Å²) in [5, 5.41) is 0. The lowest BCUT2D eigenvalue weighted by Gasteiger charge is -2.01. The van der Waals surface area contributed by atoms with Crippen LogP contribution in [0.15, 0.2) is 83.9 Å². The smallest absolute Gasteiger partial charge is 0.0632 e. The zero-order chi connectivity index (χ0) is 15.5. The van der Waals surface area contributed by atoms with Crippen LogP contribution in [0, 0.1) is 0 Å². The summed E-state index contributed by atoms with van der Waals surface area (Å²) in [6, 6.07) is 25.4. The van der Waals surface area contributed by atoms with E-state index in [-0.39, 0.29) is 0 Å². The van der Waals surface area contributed by atoms with Gasteiger partial charge in [0.1, 0.15) is 0 Å². The minimum absolute atomic E-state index is 1.01. The Balaban J connectivity index is 1.53. The van der Waals surface area contributed by atoms with Crippen molar-refractivity contribution < 1.29 is 0 Å². The number of benzene rings is 3. The van der Waals surface area contributed by atoms with Crippen LogP contribution in [0.25, 0.3) is 17.2 Å². The molecule has 0 aromatic heterocycles. The molecule has 1 heteroatoms. The van der Waals surface area contributed by atoms with E-state index in [1.807, 2.05) is 30.5 Å². The molecule has 0 atom stereocenters. The van der Waals surface area contributed by atoms with E-state index in [1.54, 1.807) is 0 Å². The molecule has 0 unspecified atom stereocenters. The van der Waals surface area contributed by atoms with Crippen LogP contribution < -0.4 is 0 Å². The molecule has 0 fully saturated rings. The molecular weight excluding hydrogens is 278 g/mol. The van der Waals surface area contributed by atoms with Crippen LogP contribution in [0.4, 0.5) is 5.69 Å². The lowest BCUT2D eigenvalue weighted by molar-refractivity contribution is 1.26. The van der Waals surface area contributed by atoms with E-state index in [4.69, 9.17) is 0 Å². The molecule has 0 saturated carbocycles. The predicted octanol–water partition coefficient (Wildman–Crippen LogP) is 5.67. The summed E-state index contributed by atoms with van der Waals surface area (Å²) in [6.07, 6.45) is 6.91. The van der Waals surface area contributed by atoms with Crippen LogP contribution in [0.2, 0.25) is 0 Å². The first-order chi connectivity index (χ1) is 11.4. The van der Waals surface area contributed by atoms with Crippen molar-refractivity contribution in [1.82, 2.24) is 0 Å². The van der Waals surface area contributed by atoms with E-state index in [9.17, 15) is 0 Å². The van der Waals surface area contributed by atoms with Gasteiger partial charge in [-0.15, -0.1) is 0 Å². The fourth-order valence-electron chi connectivity index (χ4n) is 3.06. The van der Waals surface area contributed by atoms with Crippen molar-refractivity contribution in [3.05, 3.63) is 95.6 Å². The van der Waals surface area contributed by atoms with Gasteiger partial charge in [0, 0.05) is 6.21 Å². The highest BCUT2D eigenvalue weighted by Gasteiger charge is 2.17. The molecule has 110 valence electrons. The van der Waals surface area contributed by atoms with Crippen LogP contribution in [-0.4, -0.2) is 6.21 Å². The average molecular weight is 295 g/mol. The summed E-state index contributed by atoms with van der Waals surface area (Å²) >= 11 is 0. The number of hydrogen-bond donors (Lipinski definition) is 0. The molecular formula is C22H17N. The van der Waals surface area contributed by atoms with Crippen molar-refractivity contribution in [2.45, 2.75) is 6.42 Å². The topological polar surface area (TPSA) is 12.4 Å². The quantitative estimate of drug-likeness (QED) is 0.432. The average Bonchev–Trinajstić information content (AvgIpc) is 2.97. The van der Waals surface area contributed by atoms with E-state index in [1.165, 1.54) is 27.8 Å². The van der Waals surface area contributed by atoms with Crippen molar-refractivity contribution in [3.8, 4) is 11.1 Å². The molecule has 0 N–H and O–H groups in total. The number of allylic oxidation sites excluding steroid dienone is 1. The van der Waals surface area contributed by atoms with Crippen molar-refractivity contribution in [2.75, 3.05) is 0 Å². The third-order valence-electron chi connectivity index (χ3n) is 4.18. The highest BCUT2D eigenvalue weighted by molar-refractivity contribution is 5.82. The summed E-state index contributed by atoms with van der Waals surface area (Å²) < 4.78 is 0. The van der Waals surface area contributed by atoms with E-state index in [0.29, 0.717) is 0 Å². The molecule has 3 aromatic carbocycles. The maximum atomic E-state index is 4.55. The molecule has 23 heavy (non-hydrogen) atoms. The molecule has 0 bridgehead atoms. The lowest BCUT2D eigenvalue weighted by atomic mass is 10.1. The summed E-state index contributed by atoms with van der Waals surface area (Å²) in [7, 11) is 0. The number of hydrogen-bond acceptors (Lipinski definition) is 1. The van der Waals surface area contributed by atoms with Gasteiger partial charge in [-0.25, -0.2) is 0 Å². The van der Waals surface area contributed by atoms with Gasteiger partial charge >= 0.3 is 0 Å². The number of rotatable bonds is 3. The third-order valence-corrected chi connectivity index (χ3v) is 4.18. The van der Waals surface area contributed by atoms with Gasteiger partial charge in [-0.2, -0.15) is 0 Å². The van der Waals surface area contributed by atoms with Gasteiger partial charge in [0.25, 0.3) is 0 Å². The van der Waals surface area contributed by atoms with Gasteiger partial charge in [-0.05, 0) is 52.4 Å². The number of nitrogens with zero attached hydrogens (tertiary/aromatic N) is 1. The van der Waals surface area contributed by atoms with E-state index < -0.39 is 0 Å². The maximum absolute atomic E-state index is 4.55. The Hall–Kier alpha value is -2.93. The van der Waals surface area contributed by atoms with Gasteiger partial charge in [-0.3, -0.25) is 4.99 Å². The lowest BCUT2D eigenvalue weighted by Crippen LogP contribution is -1.79. The van der Waals surface area contributed by atoms with Gasteiger partial charge in [0.15, 0.2) is 0 Å². The summed E-state index contributed by atoms with van der Waals surface area (Å²) in [5.41, 5.74) is 7.68. The van der Waals surface area contributed by atoms with Crippen molar-refractivity contribution in [3.63, 3.8) is 0 Å². The Morgan fingerprint density at radius 3 is 2.43 bits per heavy atom. The first-order valence-electron chi connectivity index (χ1n) is 7.87. The van der Waals surface area contributed by atoms with Crippen molar-refractivity contribution in [1.29, 1.82) is 0 Å². The Morgan fingerprint density at radius 2 is 1.52 bits per heavy atom. The molecule has 1 aliphatic rings. The van der Waals surface area contributed by atoms with Crippen LogP contribution >= 0.6 is 0 Å². The normalized spacial score (nSPS) is 12.7. The second kappa shape index (κ2) is 6.05. The highest BCUT2D eigenvalue weighted by Crippen LogP contribution is 2.37. The standard InChI is InChI=1S/C22H17N/c1-2-7-17(8-3-1)9-6-14-23-20-12-13-22-19(16-20)15-18-10-4-5-11-21(18)22/h1-14,16H,15H2/b9-6-,23-14?. The fraction of sp³-hybridized carbons (Fsp3) is 0.0455. The van der Waals surface area contributed by atoms with Crippen molar-refractivity contribution in [2.24, 2.45) is 4.99 Å². The van der Waals surface area contributed by atoms with Crippen molar-refractivity contribution >= 4 is 18.0 Å². The molecule has 0 heterocycles. The summed E-state index contributed by atoms with van der Waals surface area (Å²) in [4.78, 5) is 4.55. The molecule has 0 aliphatic heterocycles. The van der Waals surface area contributed by atoms with Crippen LogP contribution in [0.5, 0.6) is 0 Å². The summed E-state index contributed by atoms with van der Waals surface area (Å²) in [5.74, 6) is 0. The number of fused-ring (bicyclic) bond motifs is 3. The van der Waals surface area contributed by atoms with E-state index in [0.717, 1.165) is 12.1 Å². The SMILES string of the molecule is C(/C=C\c1ccccc1)=Nc1ccc2c(c1)Cc1ccccc1-2. The third kappa shape index (κ3) is 2.86. The Bertz CT molecular complexity index is 889. The monoisotopic (exact) mass is 295 g/mol. The number of aliphatic imine (C=N–C) groups is 1. The maximum Gasteiger partial charge on any atom is 0.0632 e. The van der Waals surface area contributed by atoms with Crippen LogP contribution in [0.1, 0.15) is 16.7 Å². The molecule has 0 spiro atoms. The molecule has 0 radical (unpaired) electrons. The first-order valence-corrected chi connectivity index (χ1v) is 7.87. The minimum atomic E-state index is 1.01. The highest BCUT2D eigenvalue weighted by atomic mass is 14.7. The van der Waals surface area contributed by atoms with Crippen LogP contribution in [-0.2, 0) is 6.42 Å². The predicted molar refractivity (Wildman–Crippen MR) is 98.3 cm³/mol. The second-order valence-corrected chi connectivity index (χ2v) is 5.72. The minimum Gasteiger partial charge on any atom is -0.257 e. The van der Waals surface area contributed by atoms with Crippen LogP contribution in [0.3, 0.4) is 0 Å².